The molecule has 4 rings (SSSR count). The lowest BCUT2D eigenvalue weighted by molar-refractivity contribution is -0.00829. The lowest BCUT2D eigenvalue weighted by atomic mass is 9.69. The molecule has 2 heterocycles. The van der Waals surface area contributed by atoms with Crippen LogP contribution < -0.4 is 10.1 Å². The summed E-state index contributed by atoms with van der Waals surface area (Å²) in [5.41, 5.74) is 1.97. The highest BCUT2D eigenvalue weighted by Gasteiger charge is 2.38. The van der Waals surface area contributed by atoms with E-state index >= 15 is 0 Å². The smallest absolute Gasteiger partial charge is 0.194 e. The number of rotatable bonds is 11. The first-order valence-electron chi connectivity index (χ1n) is 12.5. The number of aliphatic hydroxyl groups is 1. The number of nitrogens with zero attached hydrogens (tertiary/aromatic N) is 1. The van der Waals surface area contributed by atoms with Gasteiger partial charge in [0.25, 0.3) is 0 Å². The number of ether oxygens (including phenoxy) is 1. The summed E-state index contributed by atoms with van der Waals surface area (Å²) in [6, 6.07) is 7.55. The van der Waals surface area contributed by atoms with Gasteiger partial charge in [0.15, 0.2) is 17.5 Å². The Morgan fingerprint density at radius 3 is 2.54 bits per heavy atom. The molecule has 1 aliphatic rings. The first-order valence-corrected chi connectivity index (χ1v) is 13.5. The number of aliphatic hydroxyl groups excluding tert-OH is 1. The Balaban J connectivity index is 1.44. The molecule has 0 amide bonds. The van der Waals surface area contributed by atoms with Crippen molar-refractivity contribution in [2.75, 3.05) is 26.0 Å². The van der Waals surface area contributed by atoms with Crippen molar-refractivity contribution in [2.45, 2.75) is 56.2 Å². The van der Waals surface area contributed by atoms with Crippen LogP contribution in [0, 0.1) is 22.9 Å². The summed E-state index contributed by atoms with van der Waals surface area (Å²) in [6.07, 6.45) is 5.22. The fourth-order valence-corrected chi connectivity index (χ4v) is 6.26. The normalized spacial score (nSPS) is 16.2. The largest absolute Gasteiger partial charge is 0.497 e. The van der Waals surface area contributed by atoms with Crippen LogP contribution in [-0.2, 0) is 13.1 Å². The number of methoxy groups -OCH3 is 1. The monoisotopic (exact) mass is 536 g/mol. The molecule has 1 fully saturated rings. The Morgan fingerprint density at radius 1 is 1.14 bits per heavy atom. The second-order valence-electron chi connectivity index (χ2n) is 9.60. The van der Waals surface area contributed by atoms with Crippen LogP contribution in [0.3, 0.4) is 0 Å². The highest BCUT2D eigenvalue weighted by Crippen LogP contribution is 2.41. The minimum absolute atomic E-state index is 0.293. The molecular formula is C28H32F4N2O2S. The van der Waals surface area contributed by atoms with Gasteiger partial charge in [0.05, 0.1) is 18.7 Å². The number of hydrogen-bond acceptors (Lipinski definition) is 5. The zero-order chi connectivity index (χ0) is 26.4. The van der Waals surface area contributed by atoms with Crippen molar-refractivity contribution in [1.82, 2.24) is 10.3 Å². The summed E-state index contributed by atoms with van der Waals surface area (Å²) in [7, 11) is 1.59. The summed E-state index contributed by atoms with van der Waals surface area (Å²) >= 11 is 1.20. The Kier molecular flexibility index (Phi) is 9.31. The van der Waals surface area contributed by atoms with E-state index in [9.17, 15) is 22.7 Å². The number of benzene rings is 2. The number of hydrogen-bond donors (Lipinski definition) is 2. The molecule has 0 saturated carbocycles. The standard InChI is InChI=1S/C28H32F4N2O2S/c1-36-19-4-5-25-22(13-19)21(18(16-29)17-34-25)3-2-7-28(8-10-33-11-9-28)26(35)6-12-37-20-14-23(30)27(32)24(31)15-20/h4-5,13-15,17,26,33,35H,2-3,6-12,16H2,1H3. The summed E-state index contributed by atoms with van der Waals surface area (Å²) in [4.78, 5) is 4.68. The van der Waals surface area contributed by atoms with Gasteiger partial charge in [0.2, 0.25) is 0 Å². The molecule has 1 unspecified atom stereocenters. The van der Waals surface area contributed by atoms with E-state index in [-0.39, 0.29) is 5.41 Å². The predicted octanol–water partition coefficient (Wildman–Crippen LogP) is 6.37. The lowest BCUT2D eigenvalue weighted by Gasteiger charge is -2.42. The van der Waals surface area contributed by atoms with E-state index in [1.807, 2.05) is 18.2 Å². The third-order valence-electron chi connectivity index (χ3n) is 7.44. The second-order valence-corrected chi connectivity index (χ2v) is 10.8. The number of alkyl halides is 1. The average molecular weight is 537 g/mol. The van der Waals surface area contributed by atoms with Gasteiger partial charge in [0, 0.05) is 27.8 Å². The maximum atomic E-state index is 13.8. The summed E-state index contributed by atoms with van der Waals surface area (Å²) < 4.78 is 59.5. The predicted molar refractivity (Wildman–Crippen MR) is 138 cm³/mol. The number of aromatic nitrogens is 1. The van der Waals surface area contributed by atoms with Crippen molar-refractivity contribution in [3.05, 3.63) is 65.1 Å². The lowest BCUT2D eigenvalue weighted by Crippen LogP contribution is -2.44. The van der Waals surface area contributed by atoms with Gasteiger partial charge in [-0.2, -0.15) is 0 Å². The molecule has 4 nitrogen and oxygen atoms in total. The molecule has 1 atom stereocenters. The number of pyridine rings is 1. The van der Waals surface area contributed by atoms with E-state index in [1.165, 1.54) is 11.8 Å². The third-order valence-corrected chi connectivity index (χ3v) is 8.45. The van der Waals surface area contributed by atoms with Gasteiger partial charge >= 0.3 is 0 Å². The molecule has 0 bridgehead atoms. The number of piperidine rings is 1. The van der Waals surface area contributed by atoms with E-state index in [2.05, 4.69) is 10.3 Å². The van der Waals surface area contributed by atoms with Crippen LogP contribution >= 0.6 is 11.8 Å². The van der Waals surface area contributed by atoms with Crippen LogP contribution in [0.5, 0.6) is 5.75 Å². The SMILES string of the molecule is COc1ccc2ncc(CF)c(CCCC3(C(O)CCSc4cc(F)c(F)c(F)c4)CCNCC3)c2c1. The Bertz CT molecular complexity index is 1190. The van der Waals surface area contributed by atoms with Crippen molar-refractivity contribution >= 4 is 22.7 Å². The maximum Gasteiger partial charge on any atom is 0.194 e. The molecule has 2 N–H and O–H groups in total. The quantitative estimate of drug-likeness (QED) is 0.170. The van der Waals surface area contributed by atoms with Crippen LogP contribution in [0.25, 0.3) is 10.9 Å². The highest BCUT2D eigenvalue weighted by molar-refractivity contribution is 7.99. The van der Waals surface area contributed by atoms with Crippen LogP contribution in [0.15, 0.2) is 41.4 Å². The van der Waals surface area contributed by atoms with E-state index in [0.29, 0.717) is 34.8 Å². The first kappa shape index (κ1) is 27.7. The summed E-state index contributed by atoms with van der Waals surface area (Å²) in [5, 5.41) is 15.5. The zero-order valence-corrected chi connectivity index (χ0v) is 21.7. The zero-order valence-electron chi connectivity index (χ0n) is 20.8. The molecule has 1 aliphatic heterocycles. The third kappa shape index (κ3) is 6.38. The number of nitrogens with one attached hydrogen (secondary N) is 1. The van der Waals surface area contributed by atoms with Crippen LogP contribution in [0.1, 0.15) is 43.2 Å². The molecule has 37 heavy (non-hydrogen) atoms. The maximum absolute atomic E-state index is 13.8. The molecule has 9 heteroatoms. The second kappa shape index (κ2) is 12.5. The minimum atomic E-state index is -1.48. The van der Waals surface area contributed by atoms with Crippen molar-refractivity contribution in [3.63, 3.8) is 0 Å². The molecule has 0 spiro atoms. The van der Waals surface area contributed by atoms with Crippen molar-refractivity contribution in [2.24, 2.45) is 5.41 Å². The van der Waals surface area contributed by atoms with E-state index in [4.69, 9.17) is 4.74 Å². The Hall–Kier alpha value is -2.36. The van der Waals surface area contributed by atoms with Crippen molar-refractivity contribution in [3.8, 4) is 5.75 Å². The number of halogens is 4. The molecule has 0 aliphatic carbocycles. The van der Waals surface area contributed by atoms with Crippen LogP contribution in [0.2, 0.25) is 0 Å². The summed E-state index contributed by atoms with van der Waals surface area (Å²) in [6.45, 7) is 0.988. The van der Waals surface area contributed by atoms with Gasteiger partial charge in [-0.15, -0.1) is 11.8 Å². The van der Waals surface area contributed by atoms with Crippen LogP contribution in [0.4, 0.5) is 17.6 Å². The van der Waals surface area contributed by atoms with Crippen LogP contribution in [-0.4, -0.2) is 42.1 Å². The topological polar surface area (TPSA) is 54.4 Å². The average Bonchev–Trinajstić information content (AvgIpc) is 2.91. The highest BCUT2D eigenvalue weighted by atomic mass is 32.2. The Morgan fingerprint density at radius 2 is 1.86 bits per heavy atom. The van der Waals surface area contributed by atoms with E-state index < -0.39 is 30.2 Å². The number of thioether (sulfide) groups is 1. The first-order chi connectivity index (χ1) is 17.9. The van der Waals surface area contributed by atoms with Gasteiger partial charge in [-0.3, -0.25) is 4.98 Å². The fraction of sp³-hybridized carbons (Fsp3) is 0.464. The van der Waals surface area contributed by atoms with Gasteiger partial charge in [0.1, 0.15) is 12.4 Å². The molecule has 2 aromatic carbocycles. The fourth-order valence-electron chi connectivity index (χ4n) is 5.31. The Labute approximate surface area is 218 Å². The molecule has 0 radical (unpaired) electrons. The van der Waals surface area contributed by atoms with Gasteiger partial charge in [-0.25, -0.2) is 17.6 Å². The van der Waals surface area contributed by atoms with Crippen molar-refractivity contribution in [1.29, 1.82) is 0 Å². The van der Waals surface area contributed by atoms with Gasteiger partial charge in [-0.05, 0) is 92.9 Å². The van der Waals surface area contributed by atoms with E-state index in [0.717, 1.165) is 67.4 Å². The molecule has 1 saturated heterocycles. The minimum Gasteiger partial charge on any atom is -0.497 e. The van der Waals surface area contributed by atoms with E-state index in [1.54, 1.807) is 13.3 Å². The molecule has 1 aromatic heterocycles. The summed E-state index contributed by atoms with van der Waals surface area (Å²) in [5.74, 6) is -2.77. The molecular weight excluding hydrogens is 504 g/mol. The number of fused-ring (bicyclic) bond motifs is 1. The molecule has 200 valence electrons. The molecule has 3 aromatic rings. The van der Waals surface area contributed by atoms with Gasteiger partial charge in [-0.1, -0.05) is 0 Å². The number of aryl methyl sites for hydroxylation is 1. The van der Waals surface area contributed by atoms with Gasteiger partial charge < -0.3 is 15.2 Å². The van der Waals surface area contributed by atoms with Crippen molar-refractivity contribution < 1.29 is 27.4 Å².